The number of ether oxygens (including phenoxy) is 2. The summed E-state index contributed by atoms with van der Waals surface area (Å²) >= 11 is 0. The van der Waals surface area contributed by atoms with Gasteiger partial charge in [-0.25, -0.2) is 14.6 Å². The predicted molar refractivity (Wildman–Crippen MR) is 164 cm³/mol. The zero-order valence-corrected chi connectivity index (χ0v) is 26.0. The van der Waals surface area contributed by atoms with Gasteiger partial charge in [0.2, 0.25) is 0 Å². The molecule has 14 nitrogen and oxygen atoms in total. The number of imidazole rings is 1. The van der Waals surface area contributed by atoms with Crippen LogP contribution in [0, 0.1) is 11.8 Å². The molecule has 3 heterocycles. The summed E-state index contributed by atoms with van der Waals surface area (Å²) in [6.07, 6.45) is 2.80. The minimum absolute atomic E-state index is 0.0779. The maximum atomic E-state index is 11.4. The molecule has 4 rings (SSSR count). The lowest BCUT2D eigenvalue weighted by atomic mass is 10.1. The first-order valence-electron chi connectivity index (χ1n) is 14.0. The van der Waals surface area contributed by atoms with E-state index in [0.29, 0.717) is 60.8 Å². The van der Waals surface area contributed by atoms with Gasteiger partial charge < -0.3 is 29.8 Å². The van der Waals surface area contributed by atoms with E-state index in [9.17, 15) is 18.1 Å². The highest BCUT2D eigenvalue weighted by atomic mass is 32.2. The zero-order chi connectivity index (χ0) is 31.9. The highest BCUT2D eigenvalue weighted by Gasteiger charge is 2.23. The van der Waals surface area contributed by atoms with Gasteiger partial charge in [0.25, 0.3) is 10.1 Å². The molecule has 4 aromatic rings. The maximum absolute atomic E-state index is 11.4. The van der Waals surface area contributed by atoms with Crippen LogP contribution in [0.4, 0.5) is 5.82 Å². The van der Waals surface area contributed by atoms with Gasteiger partial charge in [-0.2, -0.15) is 8.42 Å². The molecule has 4 N–H and O–H groups in total. The monoisotopic (exact) mass is 627 g/mol. The number of anilines is 1. The maximum Gasteiger partial charge on any atom is 0.266 e. The Labute approximate surface area is 255 Å². The van der Waals surface area contributed by atoms with E-state index in [-0.39, 0.29) is 30.4 Å². The van der Waals surface area contributed by atoms with Crippen LogP contribution >= 0.6 is 0 Å². The van der Waals surface area contributed by atoms with Crippen LogP contribution in [0.5, 0.6) is 11.5 Å². The van der Waals surface area contributed by atoms with Gasteiger partial charge in [0.05, 0.1) is 25.7 Å². The number of nitrogens with zero attached hydrogens (tertiary/aromatic N) is 6. The molecule has 0 spiro atoms. The lowest BCUT2D eigenvalue weighted by Gasteiger charge is -2.22. The molecule has 44 heavy (non-hydrogen) atoms. The van der Waals surface area contributed by atoms with Crippen LogP contribution in [0.15, 0.2) is 35.1 Å². The van der Waals surface area contributed by atoms with Crippen LogP contribution < -0.4 is 15.2 Å². The molecule has 0 aliphatic carbocycles. The standard InChI is InChI=1S/C29H37N7O7S/c1-5-36-26-23(19-31-22(11-13-29(2,3)37)24(26)32-28(36)25-27(30)34-43-33-25)42-17-6-14-35(16-18-44(38,39)40)15-12-20-7-9-21(41-4)10-8-20/h7-10,19,37H,5-6,12,14-18H2,1-4H3,(H2,30,34)(H,38,39,40). The van der Waals surface area contributed by atoms with E-state index in [1.54, 1.807) is 27.2 Å². The second kappa shape index (κ2) is 14.0. The molecular weight excluding hydrogens is 590 g/mol. The Morgan fingerprint density at radius 1 is 1.16 bits per heavy atom. The summed E-state index contributed by atoms with van der Waals surface area (Å²) in [7, 11) is -2.51. The van der Waals surface area contributed by atoms with E-state index in [2.05, 4.69) is 27.1 Å². The Hall–Kier alpha value is -4.23. The molecule has 1 aromatic carbocycles. The van der Waals surface area contributed by atoms with Crippen LogP contribution in [-0.4, -0.2) is 92.5 Å². The molecule has 3 aromatic heterocycles. The van der Waals surface area contributed by atoms with Crippen molar-refractivity contribution in [3.8, 4) is 34.9 Å². The van der Waals surface area contributed by atoms with Gasteiger partial charge in [0.15, 0.2) is 23.1 Å². The number of aryl methyl sites for hydroxylation is 1. The number of rotatable bonds is 14. The largest absolute Gasteiger partial charge is 0.497 e. The quantitative estimate of drug-likeness (QED) is 0.105. The lowest BCUT2D eigenvalue weighted by Crippen LogP contribution is -2.32. The fourth-order valence-electron chi connectivity index (χ4n) is 4.49. The van der Waals surface area contributed by atoms with Crippen LogP contribution in [0.3, 0.4) is 0 Å². The number of aliphatic hydroxyl groups is 1. The number of hydrogen-bond donors (Lipinski definition) is 3. The minimum atomic E-state index is -4.11. The van der Waals surface area contributed by atoms with Crippen molar-refractivity contribution in [1.29, 1.82) is 0 Å². The second-order valence-electron chi connectivity index (χ2n) is 10.6. The first kappa shape index (κ1) is 32.7. The van der Waals surface area contributed by atoms with Crippen molar-refractivity contribution < 1.29 is 32.2 Å². The number of fused-ring (bicyclic) bond motifs is 1. The number of benzene rings is 1. The third-order valence-corrected chi connectivity index (χ3v) is 7.38. The van der Waals surface area contributed by atoms with E-state index >= 15 is 0 Å². The predicted octanol–water partition coefficient (Wildman–Crippen LogP) is 2.42. The summed E-state index contributed by atoms with van der Waals surface area (Å²) in [5.41, 5.74) is 7.46. The van der Waals surface area contributed by atoms with Crippen LogP contribution in [0.1, 0.15) is 38.4 Å². The van der Waals surface area contributed by atoms with E-state index in [1.807, 2.05) is 40.7 Å². The van der Waals surface area contributed by atoms with Gasteiger partial charge in [-0.05, 0) is 67.5 Å². The SMILES string of the molecule is CCn1c(-c2nonc2N)nc2c(C#CC(C)(C)O)ncc(OCCCN(CCc3ccc(OC)cc3)CCS(=O)(=O)O)c21. The molecule has 0 atom stereocenters. The smallest absolute Gasteiger partial charge is 0.266 e. The highest BCUT2D eigenvalue weighted by molar-refractivity contribution is 7.85. The average Bonchev–Trinajstić information content (AvgIpc) is 3.58. The van der Waals surface area contributed by atoms with Gasteiger partial charge in [0.1, 0.15) is 28.1 Å². The van der Waals surface area contributed by atoms with E-state index in [0.717, 1.165) is 11.3 Å². The Bertz CT molecular complexity index is 1730. The summed E-state index contributed by atoms with van der Waals surface area (Å²) in [4.78, 5) is 11.1. The summed E-state index contributed by atoms with van der Waals surface area (Å²) in [6, 6.07) is 7.68. The Balaban J connectivity index is 1.53. The first-order valence-corrected chi connectivity index (χ1v) is 15.7. The molecule has 0 unspecified atom stereocenters. The highest BCUT2D eigenvalue weighted by Crippen LogP contribution is 2.33. The molecule has 236 valence electrons. The van der Waals surface area contributed by atoms with Crippen LogP contribution in [0.2, 0.25) is 0 Å². The third kappa shape index (κ3) is 8.66. The molecule has 0 fully saturated rings. The lowest BCUT2D eigenvalue weighted by molar-refractivity contribution is 0.143. The number of nitrogens with two attached hydrogens (primary N) is 1. The van der Waals surface area contributed by atoms with Crippen molar-refractivity contribution in [3.63, 3.8) is 0 Å². The Kier molecular flexibility index (Phi) is 10.4. The number of hydrogen-bond acceptors (Lipinski definition) is 12. The van der Waals surface area contributed by atoms with E-state index < -0.39 is 15.7 Å². The first-order chi connectivity index (χ1) is 20.9. The van der Waals surface area contributed by atoms with Crippen LogP contribution in [-0.2, 0) is 23.1 Å². The van der Waals surface area contributed by atoms with Crippen molar-refractivity contribution in [2.75, 3.05) is 44.8 Å². The van der Waals surface area contributed by atoms with Crippen molar-refractivity contribution in [2.45, 2.75) is 45.8 Å². The molecule has 0 bridgehead atoms. The van der Waals surface area contributed by atoms with E-state index in [1.165, 1.54) is 0 Å². The van der Waals surface area contributed by atoms with Crippen molar-refractivity contribution in [2.24, 2.45) is 0 Å². The van der Waals surface area contributed by atoms with Crippen molar-refractivity contribution >= 4 is 27.0 Å². The second-order valence-corrected chi connectivity index (χ2v) is 12.2. The fraction of sp³-hybridized carbons (Fsp3) is 0.448. The molecule has 0 amide bonds. The summed E-state index contributed by atoms with van der Waals surface area (Å²) in [6.45, 7) is 7.12. The topological polar surface area (TPSA) is 192 Å². The van der Waals surface area contributed by atoms with E-state index in [4.69, 9.17) is 24.8 Å². The fourth-order valence-corrected chi connectivity index (χ4v) is 4.98. The molecule has 0 saturated heterocycles. The number of pyridine rings is 1. The Morgan fingerprint density at radius 2 is 1.91 bits per heavy atom. The number of aromatic nitrogens is 5. The molecular formula is C29H37N7O7S. The van der Waals surface area contributed by atoms with Crippen molar-refractivity contribution in [1.82, 2.24) is 29.7 Å². The summed E-state index contributed by atoms with van der Waals surface area (Å²) < 4.78 is 50.3. The molecule has 0 aliphatic rings. The van der Waals surface area contributed by atoms with Crippen LogP contribution in [0.25, 0.3) is 22.6 Å². The minimum Gasteiger partial charge on any atom is -0.497 e. The third-order valence-electron chi connectivity index (χ3n) is 6.68. The zero-order valence-electron chi connectivity index (χ0n) is 25.1. The van der Waals surface area contributed by atoms with Gasteiger partial charge in [-0.1, -0.05) is 18.1 Å². The number of nitrogen functional groups attached to an aromatic ring is 1. The van der Waals surface area contributed by atoms with Gasteiger partial charge in [-0.15, -0.1) is 0 Å². The molecule has 0 saturated carbocycles. The van der Waals surface area contributed by atoms with Crippen molar-refractivity contribution in [3.05, 3.63) is 41.7 Å². The van der Waals surface area contributed by atoms with Gasteiger partial charge in [-0.3, -0.25) is 4.55 Å². The molecule has 15 heteroatoms. The molecule has 0 radical (unpaired) electrons. The molecule has 0 aliphatic heterocycles. The Morgan fingerprint density at radius 3 is 2.52 bits per heavy atom. The summed E-state index contributed by atoms with van der Waals surface area (Å²) in [5.74, 6) is 6.99. The van der Waals surface area contributed by atoms with Gasteiger partial charge in [0, 0.05) is 26.2 Å². The normalized spacial score (nSPS) is 12.0. The average molecular weight is 628 g/mol. The van der Waals surface area contributed by atoms with Gasteiger partial charge >= 0.3 is 0 Å². The summed E-state index contributed by atoms with van der Waals surface area (Å²) in [5, 5.41) is 17.7. The number of methoxy groups -OCH3 is 1.